The van der Waals surface area contributed by atoms with Crippen LogP contribution in [0.25, 0.3) is 10.9 Å². The zero-order chi connectivity index (χ0) is 19.2. The number of methoxy groups -OCH3 is 2. The summed E-state index contributed by atoms with van der Waals surface area (Å²) < 4.78 is 17.1. The lowest BCUT2D eigenvalue weighted by molar-refractivity contribution is 0.0495. The smallest absolute Gasteiger partial charge is 0.338 e. The van der Waals surface area contributed by atoms with Gasteiger partial charge in [0.1, 0.15) is 0 Å². The van der Waals surface area contributed by atoms with Crippen molar-refractivity contribution in [3.8, 4) is 11.5 Å². The van der Waals surface area contributed by atoms with Crippen LogP contribution in [0.5, 0.6) is 11.5 Å². The van der Waals surface area contributed by atoms with Crippen LogP contribution in [0, 0.1) is 0 Å². The SMILES string of the molecule is COc1ccc(C(=O)OCCCn2cnc3ccccc3c2=O)cc1OC. The highest BCUT2D eigenvalue weighted by atomic mass is 16.5. The topological polar surface area (TPSA) is 79.7 Å². The number of fused-ring (bicyclic) bond motifs is 1. The fourth-order valence-electron chi connectivity index (χ4n) is 2.71. The van der Waals surface area contributed by atoms with Gasteiger partial charge in [0.15, 0.2) is 11.5 Å². The van der Waals surface area contributed by atoms with E-state index in [4.69, 9.17) is 14.2 Å². The second-order valence-electron chi connectivity index (χ2n) is 5.82. The van der Waals surface area contributed by atoms with E-state index < -0.39 is 5.97 Å². The molecule has 3 rings (SSSR count). The van der Waals surface area contributed by atoms with E-state index in [9.17, 15) is 9.59 Å². The first-order valence-electron chi connectivity index (χ1n) is 8.47. The molecule has 1 heterocycles. The van der Waals surface area contributed by atoms with Crippen molar-refractivity contribution in [3.63, 3.8) is 0 Å². The molecule has 2 aromatic carbocycles. The quantitative estimate of drug-likeness (QED) is 0.471. The highest BCUT2D eigenvalue weighted by molar-refractivity contribution is 5.90. The van der Waals surface area contributed by atoms with Crippen molar-refractivity contribution in [2.75, 3.05) is 20.8 Å². The number of para-hydroxylation sites is 1. The van der Waals surface area contributed by atoms with Crippen LogP contribution in [-0.2, 0) is 11.3 Å². The average Bonchev–Trinajstić information content (AvgIpc) is 2.72. The molecule has 0 atom stereocenters. The first-order chi connectivity index (χ1) is 13.1. The van der Waals surface area contributed by atoms with Crippen molar-refractivity contribution in [2.45, 2.75) is 13.0 Å². The van der Waals surface area contributed by atoms with Crippen LogP contribution in [0.1, 0.15) is 16.8 Å². The van der Waals surface area contributed by atoms with E-state index in [1.807, 2.05) is 6.07 Å². The molecule has 140 valence electrons. The molecule has 0 fully saturated rings. The van der Waals surface area contributed by atoms with E-state index in [0.717, 1.165) is 0 Å². The van der Waals surface area contributed by atoms with Gasteiger partial charge < -0.3 is 14.2 Å². The van der Waals surface area contributed by atoms with E-state index in [-0.39, 0.29) is 12.2 Å². The third-order valence-corrected chi connectivity index (χ3v) is 4.13. The van der Waals surface area contributed by atoms with Crippen LogP contribution < -0.4 is 15.0 Å². The summed E-state index contributed by atoms with van der Waals surface area (Å²) in [6, 6.07) is 12.0. The van der Waals surface area contributed by atoms with Gasteiger partial charge in [-0.15, -0.1) is 0 Å². The van der Waals surface area contributed by atoms with Gasteiger partial charge in [0.25, 0.3) is 5.56 Å². The molecule has 0 N–H and O–H groups in total. The van der Waals surface area contributed by atoms with Crippen LogP contribution in [0.15, 0.2) is 53.6 Å². The number of carbonyl (C=O) groups excluding carboxylic acids is 1. The molecule has 0 spiro atoms. The Labute approximate surface area is 156 Å². The predicted octanol–water partition coefficient (Wildman–Crippen LogP) is 2.66. The normalized spacial score (nSPS) is 10.6. The van der Waals surface area contributed by atoms with Gasteiger partial charge in [-0.05, 0) is 36.8 Å². The highest BCUT2D eigenvalue weighted by Crippen LogP contribution is 2.27. The minimum absolute atomic E-state index is 0.105. The zero-order valence-corrected chi connectivity index (χ0v) is 15.2. The Morgan fingerprint density at radius 1 is 1.07 bits per heavy atom. The largest absolute Gasteiger partial charge is 0.493 e. The van der Waals surface area contributed by atoms with Crippen LogP contribution in [0.3, 0.4) is 0 Å². The number of ether oxygens (including phenoxy) is 3. The summed E-state index contributed by atoms with van der Waals surface area (Å²) in [6.07, 6.45) is 2.01. The number of hydrogen-bond donors (Lipinski definition) is 0. The van der Waals surface area contributed by atoms with E-state index in [1.165, 1.54) is 25.1 Å². The maximum atomic E-state index is 12.4. The Kier molecular flexibility index (Phi) is 5.71. The molecule has 0 amide bonds. The molecule has 0 aliphatic rings. The van der Waals surface area contributed by atoms with Gasteiger partial charge in [0.05, 0.1) is 43.6 Å². The Morgan fingerprint density at radius 3 is 2.63 bits per heavy atom. The fourth-order valence-corrected chi connectivity index (χ4v) is 2.71. The monoisotopic (exact) mass is 368 g/mol. The van der Waals surface area contributed by atoms with E-state index >= 15 is 0 Å². The maximum Gasteiger partial charge on any atom is 0.338 e. The van der Waals surface area contributed by atoms with Crippen LogP contribution >= 0.6 is 0 Å². The molecule has 1 aromatic heterocycles. The van der Waals surface area contributed by atoms with Crippen LogP contribution in [0.2, 0.25) is 0 Å². The molecular formula is C20H20N2O5. The van der Waals surface area contributed by atoms with E-state index in [1.54, 1.807) is 36.4 Å². The first-order valence-corrected chi connectivity index (χ1v) is 8.47. The zero-order valence-electron chi connectivity index (χ0n) is 15.2. The second-order valence-corrected chi connectivity index (χ2v) is 5.82. The van der Waals surface area contributed by atoms with Gasteiger partial charge in [-0.1, -0.05) is 12.1 Å². The van der Waals surface area contributed by atoms with Gasteiger partial charge in [0, 0.05) is 6.54 Å². The summed E-state index contributed by atoms with van der Waals surface area (Å²) in [5.41, 5.74) is 0.933. The first kappa shape index (κ1) is 18.4. The summed E-state index contributed by atoms with van der Waals surface area (Å²) in [4.78, 5) is 28.8. The molecule has 0 aliphatic heterocycles. The molecule has 3 aromatic rings. The molecule has 0 saturated heterocycles. The lowest BCUT2D eigenvalue weighted by Gasteiger charge is -2.10. The van der Waals surface area contributed by atoms with E-state index in [0.29, 0.717) is 40.9 Å². The van der Waals surface area contributed by atoms with Gasteiger partial charge in [-0.3, -0.25) is 9.36 Å². The minimum atomic E-state index is -0.458. The number of hydrogen-bond acceptors (Lipinski definition) is 6. The van der Waals surface area contributed by atoms with Crippen LogP contribution in [-0.4, -0.2) is 36.3 Å². The fraction of sp³-hybridized carbons (Fsp3) is 0.250. The Balaban J connectivity index is 1.58. The Hall–Kier alpha value is -3.35. The van der Waals surface area contributed by atoms with Crippen molar-refractivity contribution in [1.82, 2.24) is 9.55 Å². The van der Waals surface area contributed by atoms with Gasteiger partial charge >= 0.3 is 5.97 Å². The number of benzene rings is 2. The van der Waals surface area contributed by atoms with Crippen molar-refractivity contribution >= 4 is 16.9 Å². The molecule has 7 heteroatoms. The maximum absolute atomic E-state index is 12.4. The number of rotatable bonds is 7. The summed E-state index contributed by atoms with van der Waals surface area (Å²) in [5.74, 6) is 0.540. The second kappa shape index (κ2) is 8.35. The number of esters is 1. The molecular weight excluding hydrogens is 348 g/mol. The number of aromatic nitrogens is 2. The lowest BCUT2D eigenvalue weighted by atomic mass is 10.2. The van der Waals surface area contributed by atoms with Gasteiger partial charge in [-0.25, -0.2) is 9.78 Å². The lowest BCUT2D eigenvalue weighted by Crippen LogP contribution is -2.21. The molecule has 0 aliphatic carbocycles. The van der Waals surface area contributed by atoms with Crippen molar-refractivity contribution < 1.29 is 19.0 Å². The number of carbonyl (C=O) groups is 1. The third kappa shape index (κ3) is 4.08. The van der Waals surface area contributed by atoms with Crippen molar-refractivity contribution in [3.05, 3.63) is 64.7 Å². The molecule has 0 bridgehead atoms. The van der Waals surface area contributed by atoms with Crippen molar-refractivity contribution in [2.24, 2.45) is 0 Å². The summed E-state index contributed by atoms with van der Waals surface area (Å²) in [5, 5.41) is 0.572. The minimum Gasteiger partial charge on any atom is -0.493 e. The van der Waals surface area contributed by atoms with Gasteiger partial charge in [0.2, 0.25) is 0 Å². The molecule has 27 heavy (non-hydrogen) atoms. The Bertz CT molecular complexity index is 1010. The third-order valence-electron chi connectivity index (χ3n) is 4.13. The van der Waals surface area contributed by atoms with E-state index in [2.05, 4.69) is 4.98 Å². The number of nitrogens with zero attached hydrogens (tertiary/aromatic N) is 2. The Morgan fingerprint density at radius 2 is 1.85 bits per heavy atom. The molecule has 0 radical (unpaired) electrons. The molecule has 0 unspecified atom stereocenters. The summed E-state index contributed by atoms with van der Waals surface area (Å²) in [7, 11) is 3.03. The standard InChI is InChI=1S/C20H20N2O5/c1-25-17-9-8-14(12-18(17)26-2)20(24)27-11-5-10-22-13-21-16-7-4-3-6-15(16)19(22)23/h3-4,6-9,12-13H,5,10-11H2,1-2H3. The molecule has 0 saturated carbocycles. The summed E-state index contributed by atoms with van der Waals surface area (Å²) in [6.45, 7) is 0.600. The highest BCUT2D eigenvalue weighted by Gasteiger charge is 2.12. The van der Waals surface area contributed by atoms with Crippen LogP contribution in [0.4, 0.5) is 0 Å². The molecule has 7 nitrogen and oxygen atoms in total. The predicted molar refractivity (Wildman–Crippen MR) is 100 cm³/mol. The average molecular weight is 368 g/mol. The number of aryl methyl sites for hydroxylation is 1. The summed E-state index contributed by atoms with van der Waals surface area (Å²) >= 11 is 0. The van der Waals surface area contributed by atoms with Gasteiger partial charge in [-0.2, -0.15) is 0 Å². The van der Waals surface area contributed by atoms with Crippen molar-refractivity contribution in [1.29, 1.82) is 0 Å².